The van der Waals surface area contributed by atoms with E-state index in [1.165, 1.54) is 12.0 Å². The molecule has 6 nitrogen and oxygen atoms in total. The van der Waals surface area contributed by atoms with E-state index in [0.717, 1.165) is 4.47 Å². The van der Waals surface area contributed by atoms with Crippen LogP contribution in [0.15, 0.2) is 77.4 Å². The number of benzene rings is 2. The Kier molecular flexibility index (Phi) is 5.46. The summed E-state index contributed by atoms with van der Waals surface area (Å²) in [6.07, 6.45) is 1.54. The Morgan fingerprint density at radius 3 is 2.53 bits per heavy atom. The zero-order valence-electron chi connectivity index (χ0n) is 16.0. The molecule has 1 amide bonds. The Labute approximate surface area is 181 Å². The molecule has 2 atom stereocenters. The van der Waals surface area contributed by atoms with Gasteiger partial charge in [0.1, 0.15) is 17.5 Å². The Hall–Kier alpha value is -3.32. The van der Waals surface area contributed by atoms with Gasteiger partial charge in [0.2, 0.25) is 5.78 Å². The molecule has 1 aromatic heterocycles. The van der Waals surface area contributed by atoms with Gasteiger partial charge in [-0.1, -0.05) is 46.3 Å². The molecule has 2 unspecified atom stereocenters. The summed E-state index contributed by atoms with van der Waals surface area (Å²) in [6, 6.07) is 18.1. The minimum atomic E-state index is -1.19. The van der Waals surface area contributed by atoms with Crippen molar-refractivity contribution in [3.63, 3.8) is 0 Å². The maximum Gasteiger partial charge on any atom is 0.297 e. The highest BCUT2D eigenvalue weighted by Gasteiger charge is 2.52. The molecule has 30 heavy (non-hydrogen) atoms. The number of carbonyl (C=O) groups is 3. The molecule has 0 saturated carbocycles. The zero-order chi connectivity index (χ0) is 21.3. The number of aromatic nitrogens is 1. The quantitative estimate of drug-likeness (QED) is 0.324. The minimum Gasteiger partial charge on any atom is -0.497 e. The van der Waals surface area contributed by atoms with Crippen LogP contribution in [0.3, 0.4) is 0 Å². The second-order valence-corrected chi connectivity index (χ2v) is 7.72. The van der Waals surface area contributed by atoms with Crippen molar-refractivity contribution >= 4 is 39.2 Å². The highest BCUT2D eigenvalue weighted by Crippen LogP contribution is 2.41. The number of amides is 1. The van der Waals surface area contributed by atoms with Gasteiger partial charge in [-0.2, -0.15) is 0 Å². The maximum atomic E-state index is 13.4. The van der Waals surface area contributed by atoms with E-state index >= 15 is 0 Å². The average Bonchev–Trinajstić information content (AvgIpc) is 3.04. The molecule has 1 aliphatic rings. The fraction of sp³-hybridized carbons (Fsp3) is 0.130. The summed E-state index contributed by atoms with van der Waals surface area (Å²) in [5, 5.41) is 0. The lowest BCUT2D eigenvalue weighted by molar-refractivity contribution is -0.135. The van der Waals surface area contributed by atoms with Crippen molar-refractivity contribution in [2.24, 2.45) is 5.92 Å². The topological polar surface area (TPSA) is 76.6 Å². The van der Waals surface area contributed by atoms with Gasteiger partial charge >= 0.3 is 0 Å². The van der Waals surface area contributed by atoms with E-state index in [1.54, 1.807) is 66.9 Å². The van der Waals surface area contributed by atoms with Gasteiger partial charge in [0, 0.05) is 16.2 Å². The third-order valence-electron chi connectivity index (χ3n) is 5.03. The lowest BCUT2D eigenvalue weighted by Crippen LogP contribution is -2.31. The van der Waals surface area contributed by atoms with Crippen LogP contribution >= 0.6 is 15.9 Å². The predicted molar refractivity (Wildman–Crippen MR) is 114 cm³/mol. The zero-order valence-corrected chi connectivity index (χ0v) is 17.6. The molecule has 0 radical (unpaired) electrons. The van der Waals surface area contributed by atoms with Crippen LogP contribution in [0, 0.1) is 5.92 Å². The van der Waals surface area contributed by atoms with E-state index in [-0.39, 0.29) is 0 Å². The SMILES string of the molecule is COc1cccc(C(=O)C2C(=O)C(=O)N(c3ccccn3)C2c2cccc(Br)c2)c1. The fourth-order valence-corrected chi connectivity index (χ4v) is 4.08. The molecule has 0 N–H and O–H groups in total. The number of carbonyl (C=O) groups excluding carboxylic acids is 3. The van der Waals surface area contributed by atoms with Crippen LogP contribution in [-0.2, 0) is 9.59 Å². The Morgan fingerprint density at radius 1 is 1.03 bits per heavy atom. The molecule has 1 aliphatic heterocycles. The predicted octanol–water partition coefficient (Wildman–Crippen LogP) is 4.01. The molecular formula is C23H17BrN2O4. The number of Topliss-reactive ketones (excluding diaryl/α,β-unsaturated/α-hetero) is 2. The van der Waals surface area contributed by atoms with Crippen molar-refractivity contribution in [3.8, 4) is 5.75 Å². The number of ketones is 2. The number of hydrogen-bond acceptors (Lipinski definition) is 5. The van der Waals surface area contributed by atoms with Gasteiger partial charge < -0.3 is 4.74 Å². The normalized spacial score (nSPS) is 18.5. The molecule has 2 heterocycles. The lowest BCUT2D eigenvalue weighted by atomic mass is 9.86. The highest BCUT2D eigenvalue weighted by molar-refractivity contribution is 9.10. The van der Waals surface area contributed by atoms with Gasteiger partial charge in [-0.05, 0) is 42.0 Å². The Morgan fingerprint density at radius 2 is 1.83 bits per heavy atom. The molecule has 1 fully saturated rings. The fourth-order valence-electron chi connectivity index (χ4n) is 3.66. The summed E-state index contributed by atoms with van der Waals surface area (Å²) < 4.78 is 5.98. The molecule has 0 bridgehead atoms. The van der Waals surface area contributed by atoms with E-state index in [2.05, 4.69) is 20.9 Å². The number of methoxy groups -OCH3 is 1. The van der Waals surface area contributed by atoms with E-state index in [4.69, 9.17) is 4.74 Å². The van der Waals surface area contributed by atoms with Gasteiger partial charge in [0.05, 0.1) is 13.2 Å². The first-order chi connectivity index (χ1) is 14.5. The number of hydrogen-bond donors (Lipinski definition) is 0. The first kappa shape index (κ1) is 20.0. The number of pyridine rings is 1. The second kappa shape index (κ2) is 8.20. The van der Waals surface area contributed by atoms with Crippen molar-refractivity contribution in [1.29, 1.82) is 0 Å². The second-order valence-electron chi connectivity index (χ2n) is 6.80. The first-order valence-electron chi connectivity index (χ1n) is 9.23. The third-order valence-corrected chi connectivity index (χ3v) is 5.52. The summed E-state index contributed by atoms with van der Waals surface area (Å²) in [4.78, 5) is 45.0. The maximum absolute atomic E-state index is 13.4. The monoisotopic (exact) mass is 464 g/mol. The van der Waals surface area contributed by atoms with Gasteiger partial charge in [0.25, 0.3) is 5.91 Å². The van der Waals surface area contributed by atoms with E-state index in [9.17, 15) is 14.4 Å². The minimum absolute atomic E-state index is 0.309. The molecule has 3 aromatic rings. The molecule has 0 spiro atoms. The molecule has 150 valence electrons. The van der Waals surface area contributed by atoms with Crippen LogP contribution in [0.5, 0.6) is 5.75 Å². The summed E-state index contributed by atoms with van der Waals surface area (Å²) in [7, 11) is 1.50. The number of ether oxygens (including phenoxy) is 1. The van der Waals surface area contributed by atoms with Gasteiger partial charge in [-0.3, -0.25) is 19.3 Å². The largest absolute Gasteiger partial charge is 0.497 e. The summed E-state index contributed by atoms with van der Waals surface area (Å²) >= 11 is 3.43. The molecule has 2 aromatic carbocycles. The summed E-state index contributed by atoms with van der Waals surface area (Å²) in [5.41, 5.74) is 0.971. The Bertz CT molecular complexity index is 1130. The van der Waals surface area contributed by atoms with Crippen LogP contribution in [0.25, 0.3) is 0 Å². The van der Waals surface area contributed by atoms with Crippen molar-refractivity contribution < 1.29 is 19.1 Å². The van der Waals surface area contributed by atoms with Crippen molar-refractivity contribution in [3.05, 3.63) is 88.5 Å². The first-order valence-corrected chi connectivity index (χ1v) is 10.0. The standard InChI is InChI=1S/C23H17BrN2O4/c1-30-17-9-5-7-15(13-17)21(27)19-20(14-6-4-8-16(24)12-14)26(23(29)22(19)28)18-10-2-3-11-25-18/h2-13,19-20H,1H3. The van der Waals surface area contributed by atoms with Crippen LogP contribution in [-0.4, -0.2) is 29.6 Å². The van der Waals surface area contributed by atoms with Crippen molar-refractivity contribution in [1.82, 2.24) is 4.98 Å². The number of halogens is 1. The summed E-state index contributed by atoms with van der Waals surface area (Å²) in [6.45, 7) is 0. The highest BCUT2D eigenvalue weighted by atomic mass is 79.9. The third kappa shape index (κ3) is 3.52. The average molecular weight is 465 g/mol. The molecular weight excluding hydrogens is 448 g/mol. The van der Waals surface area contributed by atoms with Crippen LogP contribution in [0.1, 0.15) is 22.0 Å². The Balaban J connectivity index is 1.86. The van der Waals surface area contributed by atoms with Gasteiger partial charge in [0.15, 0.2) is 5.78 Å². The summed E-state index contributed by atoms with van der Waals surface area (Å²) in [5.74, 6) is -2.31. The number of anilines is 1. The van der Waals surface area contributed by atoms with E-state index < -0.39 is 29.4 Å². The van der Waals surface area contributed by atoms with Crippen molar-refractivity contribution in [2.45, 2.75) is 6.04 Å². The van der Waals surface area contributed by atoms with E-state index in [1.807, 2.05) is 6.07 Å². The molecule has 4 rings (SSSR count). The number of nitrogens with zero attached hydrogens (tertiary/aromatic N) is 2. The smallest absolute Gasteiger partial charge is 0.297 e. The molecule has 7 heteroatoms. The molecule has 1 saturated heterocycles. The molecule has 0 aliphatic carbocycles. The lowest BCUT2D eigenvalue weighted by Gasteiger charge is -2.26. The van der Waals surface area contributed by atoms with E-state index in [0.29, 0.717) is 22.7 Å². The van der Waals surface area contributed by atoms with Crippen LogP contribution in [0.2, 0.25) is 0 Å². The number of rotatable bonds is 5. The van der Waals surface area contributed by atoms with Crippen molar-refractivity contribution in [2.75, 3.05) is 12.0 Å². The van der Waals surface area contributed by atoms with Gasteiger partial charge in [-0.15, -0.1) is 0 Å². The van der Waals surface area contributed by atoms with Crippen LogP contribution < -0.4 is 9.64 Å². The van der Waals surface area contributed by atoms with Gasteiger partial charge in [-0.25, -0.2) is 4.98 Å². The van der Waals surface area contributed by atoms with Crippen LogP contribution in [0.4, 0.5) is 5.82 Å².